The number of rotatable bonds is 2. The number of aryl methyl sites for hydroxylation is 1. The fraction of sp³-hybridized carbons (Fsp3) is 0.562. The molecule has 1 saturated carbocycles. The third-order valence-electron chi connectivity index (χ3n) is 4.42. The summed E-state index contributed by atoms with van der Waals surface area (Å²) in [7, 11) is 0. The van der Waals surface area contributed by atoms with Crippen LogP contribution >= 0.6 is 12.2 Å². The highest BCUT2D eigenvalue weighted by Crippen LogP contribution is 2.29. The molecule has 0 radical (unpaired) electrons. The summed E-state index contributed by atoms with van der Waals surface area (Å²) in [6.07, 6.45) is 3.87. The van der Waals surface area contributed by atoms with Crippen LogP contribution in [0.5, 0.6) is 0 Å². The van der Waals surface area contributed by atoms with Gasteiger partial charge in [-0.1, -0.05) is 44.9 Å². The molecule has 1 aliphatic carbocycles. The minimum Gasteiger partial charge on any atom is -0.359 e. The summed E-state index contributed by atoms with van der Waals surface area (Å²) in [6.45, 7) is 6.77. The Labute approximate surface area is 122 Å². The molecule has 0 aliphatic heterocycles. The van der Waals surface area contributed by atoms with Crippen LogP contribution in [-0.4, -0.2) is 11.2 Å². The van der Waals surface area contributed by atoms with Gasteiger partial charge in [-0.3, -0.25) is 0 Å². The number of hydrogen-bond acceptors (Lipinski definition) is 1. The van der Waals surface area contributed by atoms with E-state index in [1.54, 1.807) is 0 Å². The monoisotopic (exact) mass is 276 g/mol. The maximum absolute atomic E-state index is 5.45. The second-order valence-electron chi connectivity index (χ2n) is 5.79. The van der Waals surface area contributed by atoms with Crippen molar-refractivity contribution >= 4 is 23.0 Å². The predicted octanol–water partition coefficient (Wildman–Crippen LogP) is 4.11. The highest BCUT2D eigenvalue weighted by Gasteiger charge is 2.27. The van der Waals surface area contributed by atoms with Gasteiger partial charge in [0.2, 0.25) is 0 Å². The Balaban J connectivity index is 1.93. The first kappa shape index (κ1) is 14.3. The average Bonchev–Trinajstić information content (AvgIpc) is 2.38. The Morgan fingerprint density at radius 1 is 1.21 bits per heavy atom. The summed E-state index contributed by atoms with van der Waals surface area (Å²) in [4.78, 5) is 0. The molecule has 1 aromatic rings. The number of benzene rings is 1. The normalized spacial score (nSPS) is 26.8. The van der Waals surface area contributed by atoms with Gasteiger partial charge in [0.1, 0.15) is 0 Å². The maximum Gasteiger partial charge on any atom is 0.171 e. The van der Waals surface area contributed by atoms with E-state index >= 15 is 0 Å². The molecule has 1 aliphatic rings. The Kier molecular flexibility index (Phi) is 4.81. The smallest absolute Gasteiger partial charge is 0.171 e. The molecule has 3 atom stereocenters. The second kappa shape index (κ2) is 6.38. The third kappa shape index (κ3) is 3.69. The van der Waals surface area contributed by atoms with Crippen molar-refractivity contribution in [2.75, 3.05) is 5.32 Å². The first-order valence-corrected chi connectivity index (χ1v) is 7.62. The van der Waals surface area contributed by atoms with E-state index < -0.39 is 0 Å². The minimum atomic E-state index is 0.507. The zero-order valence-corrected chi connectivity index (χ0v) is 12.9. The molecule has 0 saturated heterocycles. The molecule has 2 N–H and O–H groups in total. The summed E-state index contributed by atoms with van der Waals surface area (Å²) in [5.74, 6) is 1.47. The summed E-state index contributed by atoms with van der Waals surface area (Å²) in [6, 6.07) is 8.74. The van der Waals surface area contributed by atoms with Crippen molar-refractivity contribution in [3.05, 3.63) is 29.8 Å². The lowest BCUT2D eigenvalue weighted by molar-refractivity contribution is 0.225. The first-order chi connectivity index (χ1) is 9.08. The molecule has 0 bridgehead atoms. The molecule has 0 spiro atoms. The van der Waals surface area contributed by atoms with Crippen LogP contribution in [0.4, 0.5) is 5.69 Å². The maximum atomic E-state index is 5.45. The van der Waals surface area contributed by atoms with E-state index in [-0.39, 0.29) is 0 Å². The highest BCUT2D eigenvalue weighted by atomic mass is 32.1. The molecular weight excluding hydrogens is 252 g/mol. The van der Waals surface area contributed by atoms with E-state index in [0.29, 0.717) is 12.0 Å². The molecule has 0 aromatic heterocycles. The zero-order valence-electron chi connectivity index (χ0n) is 12.1. The standard InChI is InChI=1S/C16H24N2S/c1-11-8-6-10-15(13(11)3)18-16(19)17-14-9-5-4-7-12(14)2/h4-5,7,9,11,13,15H,6,8,10H2,1-3H3,(H2,17,18,19)/t11-,13+,15-/m1/s1. The van der Waals surface area contributed by atoms with Gasteiger partial charge in [-0.05, 0) is 49.0 Å². The molecule has 19 heavy (non-hydrogen) atoms. The molecule has 0 heterocycles. The molecule has 1 aromatic carbocycles. The fourth-order valence-corrected chi connectivity index (χ4v) is 3.09. The van der Waals surface area contributed by atoms with Gasteiger partial charge in [-0.2, -0.15) is 0 Å². The van der Waals surface area contributed by atoms with Crippen molar-refractivity contribution in [2.45, 2.75) is 46.1 Å². The average molecular weight is 276 g/mol. The van der Waals surface area contributed by atoms with Gasteiger partial charge in [0.15, 0.2) is 5.11 Å². The van der Waals surface area contributed by atoms with Gasteiger partial charge < -0.3 is 10.6 Å². The van der Waals surface area contributed by atoms with Gasteiger partial charge in [0.05, 0.1) is 0 Å². The number of anilines is 1. The van der Waals surface area contributed by atoms with E-state index in [9.17, 15) is 0 Å². The van der Waals surface area contributed by atoms with Crippen molar-refractivity contribution in [3.8, 4) is 0 Å². The van der Waals surface area contributed by atoms with Crippen LogP contribution in [0.15, 0.2) is 24.3 Å². The second-order valence-corrected chi connectivity index (χ2v) is 6.20. The summed E-state index contributed by atoms with van der Waals surface area (Å²) in [5.41, 5.74) is 2.31. The van der Waals surface area contributed by atoms with Crippen LogP contribution in [0, 0.1) is 18.8 Å². The Hall–Kier alpha value is -1.09. The summed E-state index contributed by atoms with van der Waals surface area (Å²) < 4.78 is 0. The van der Waals surface area contributed by atoms with E-state index in [2.05, 4.69) is 43.5 Å². The van der Waals surface area contributed by atoms with Crippen molar-refractivity contribution in [1.82, 2.24) is 5.32 Å². The van der Waals surface area contributed by atoms with Crippen LogP contribution in [0.2, 0.25) is 0 Å². The van der Waals surface area contributed by atoms with Crippen LogP contribution in [0.25, 0.3) is 0 Å². The lowest BCUT2D eigenvalue weighted by atomic mass is 9.78. The molecular formula is C16H24N2S. The van der Waals surface area contributed by atoms with Gasteiger partial charge in [0.25, 0.3) is 0 Å². The molecule has 0 unspecified atom stereocenters. The van der Waals surface area contributed by atoms with Gasteiger partial charge >= 0.3 is 0 Å². The third-order valence-corrected chi connectivity index (χ3v) is 4.64. The fourth-order valence-electron chi connectivity index (χ4n) is 2.83. The quantitative estimate of drug-likeness (QED) is 0.795. The number of hydrogen-bond donors (Lipinski definition) is 2. The van der Waals surface area contributed by atoms with E-state index in [0.717, 1.165) is 16.7 Å². The molecule has 104 valence electrons. The van der Waals surface area contributed by atoms with Gasteiger partial charge in [0, 0.05) is 11.7 Å². The topological polar surface area (TPSA) is 24.1 Å². The Morgan fingerprint density at radius 3 is 2.68 bits per heavy atom. The van der Waals surface area contributed by atoms with Crippen LogP contribution in [0.1, 0.15) is 38.7 Å². The molecule has 2 rings (SSSR count). The molecule has 2 nitrogen and oxygen atoms in total. The van der Waals surface area contributed by atoms with Crippen LogP contribution in [0.3, 0.4) is 0 Å². The molecule has 1 fully saturated rings. The van der Waals surface area contributed by atoms with Crippen LogP contribution < -0.4 is 10.6 Å². The Morgan fingerprint density at radius 2 is 1.95 bits per heavy atom. The van der Waals surface area contributed by atoms with E-state index in [4.69, 9.17) is 12.2 Å². The van der Waals surface area contributed by atoms with E-state index in [1.165, 1.54) is 24.8 Å². The lowest BCUT2D eigenvalue weighted by Crippen LogP contribution is -2.45. The van der Waals surface area contributed by atoms with Crippen molar-refractivity contribution < 1.29 is 0 Å². The van der Waals surface area contributed by atoms with Crippen molar-refractivity contribution in [2.24, 2.45) is 11.8 Å². The van der Waals surface area contributed by atoms with Crippen LogP contribution in [-0.2, 0) is 0 Å². The lowest BCUT2D eigenvalue weighted by Gasteiger charge is -2.35. The Bertz CT molecular complexity index is 444. The predicted molar refractivity (Wildman–Crippen MR) is 86.5 cm³/mol. The molecule has 3 heteroatoms. The first-order valence-electron chi connectivity index (χ1n) is 7.21. The van der Waals surface area contributed by atoms with Crippen molar-refractivity contribution in [1.29, 1.82) is 0 Å². The van der Waals surface area contributed by atoms with Gasteiger partial charge in [-0.25, -0.2) is 0 Å². The molecule has 0 amide bonds. The number of para-hydroxylation sites is 1. The number of nitrogens with one attached hydrogen (secondary N) is 2. The highest BCUT2D eigenvalue weighted by molar-refractivity contribution is 7.80. The largest absolute Gasteiger partial charge is 0.359 e. The van der Waals surface area contributed by atoms with Gasteiger partial charge in [-0.15, -0.1) is 0 Å². The summed E-state index contributed by atoms with van der Waals surface area (Å²) in [5, 5.41) is 7.56. The summed E-state index contributed by atoms with van der Waals surface area (Å²) >= 11 is 5.45. The zero-order chi connectivity index (χ0) is 13.8. The number of thiocarbonyl (C=S) groups is 1. The van der Waals surface area contributed by atoms with Crippen molar-refractivity contribution in [3.63, 3.8) is 0 Å². The minimum absolute atomic E-state index is 0.507. The SMILES string of the molecule is Cc1ccccc1NC(=S)N[C@@H]1CCC[C@@H](C)[C@@H]1C. The van der Waals surface area contributed by atoms with E-state index in [1.807, 2.05) is 12.1 Å².